The molecule has 7 nitrogen and oxygen atoms in total. The summed E-state index contributed by atoms with van der Waals surface area (Å²) in [5, 5.41) is 14.9. The van der Waals surface area contributed by atoms with E-state index < -0.39 is 5.91 Å². The highest BCUT2D eigenvalue weighted by Crippen LogP contribution is 2.19. The Morgan fingerprint density at radius 2 is 1.59 bits per heavy atom. The summed E-state index contributed by atoms with van der Waals surface area (Å²) in [7, 11) is 0. The lowest BCUT2D eigenvalue weighted by atomic mass is 10.1. The highest BCUT2D eigenvalue weighted by atomic mass is 127. The molecule has 3 rings (SSSR count). The maximum absolute atomic E-state index is 12.5. The standard InChI is InChI=1S/C26H22IN3O4/c1-2-33-21-13-9-20(10-14-21)29-25(31)17-34-22-11-7-18(8-12-22)15-19(16-28)26(32)30-24-6-4-3-5-23(24)27/h3-15H,2,17H2,1H3,(H,29,31)(H,30,32)/b19-15-. The zero-order chi connectivity index (χ0) is 24.3. The fourth-order valence-corrected chi connectivity index (χ4v) is 3.40. The maximum Gasteiger partial charge on any atom is 0.266 e. The Morgan fingerprint density at radius 3 is 2.24 bits per heavy atom. The number of ether oxygens (including phenoxy) is 2. The number of nitriles is 1. The van der Waals surface area contributed by atoms with Crippen molar-refractivity contribution in [2.45, 2.75) is 6.92 Å². The normalized spacial score (nSPS) is 10.7. The number of amides is 2. The van der Waals surface area contributed by atoms with Gasteiger partial charge in [0.05, 0.1) is 12.3 Å². The molecular weight excluding hydrogens is 545 g/mol. The van der Waals surface area contributed by atoms with Crippen LogP contribution < -0.4 is 20.1 Å². The van der Waals surface area contributed by atoms with Crippen molar-refractivity contribution in [1.82, 2.24) is 0 Å². The first-order chi connectivity index (χ1) is 16.5. The number of nitrogens with one attached hydrogen (secondary N) is 2. The van der Waals surface area contributed by atoms with Crippen molar-refractivity contribution in [2.75, 3.05) is 23.8 Å². The second-order valence-electron chi connectivity index (χ2n) is 6.97. The summed E-state index contributed by atoms with van der Waals surface area (Å²) < 4.78 is 11.8. The van der Waals surface area contributed by atoms with Gasteiger partial charge in [-0.3, -0.25) is 9.59 Å². The molecule has 0 heterocycles. The number of hydrogen-bond acceptors (Lipinski definition) is 5. The van der Waals surface area contributed by atoms with Gasteiger partial charge in [0.2, 0.25) is 0 Å². The van der Waals surface area contributed by atoms with Crippen LogP contribution in [0.4, 0.5) is 11.4 Å². The molecule has 0 atom stereocenters. The quantitative estimate of drug-likeness (QED) is 0.209. The van der Waals surface area contributed by atoms with Crippen molar-refractivity contribution in [3.05, 3.63) is 87.5 Å². The van der Waals surface area contributed by atoms with Gasteiger partial charge in [0, 0.05) is 9.26 Å². The summed E-state index contributed by atoms with van der Waals surface area (Å²) in [6.07, 6.45) is 1.49. The van der Waals surface area contributed by atoms with E-state index in [2.05, 4.69) is 33.2 Å². The van der Waals surface area contributed by atoms with Gasteiger partial charge in [-0.1, -0.05) is 24.3 Å². The molecule has 0 radical (unpaired) electrons. The lowest BCUT2D eigenvalue weighted by molar-refractivity contribution is -0.118. The van der Waals surface area contributed by atoms with Crippen molar-refractivity contribution in [1.29, 1.82) is 5.26 Å². The molecular formula is C26H22IN3O4. The summed E-state index contributed by atoms with van der Waals surface area (Å²) in [6, 6.07) is 23.1. The molecule has 34 heavy (non-hydrogen) atoms. The summed E-state index contributed by atoms with van der Waals surface area (Å²) in [4.78, 5) is 24.6. The van der Waals surface area contributed by atoms with Crippen molar-refractivity contribution in [3.8, 4) is 17.6 Å². The van der Waals surface area contributed by atoms with Crippen LogP contribution in [0.15, 0.2) is 78.4 Å². The topological polar surface area (TPSA) is 100 Å². The zero-order valence-corrected chi connectivity index (χ0v) is 20.5. The molecule has 2 amide bonds. The minimum atomic E-state index is -0.488. The molecule has 0 aliphatic rings. The minimum Gasteiger partial charge on any atom is -0.494 e. The number of hydrogen-bond donors (Lipinski definition) is 2. The largest absolute Gasteiger partial charge is 0.494 e. The Labute approximate surface area is 211 Å². The van der Waals surface area contributed by atoms with E-state index in [0.29, 0.717) is 29.3 Å². The van der Waals surface area contributed by atoms with Crippen LogP contribution in [0.5, 0.6) is 11.5 Å². The summed E-state index contributed by atoms with van der Waals surface area (Å²) >= 11 is 2.11. The van der Waals surface area contributed by atoms with Gasteiger partial charge >= 0.3 is 0 Å². The van der Waals surface area contributed by atoms with Gasteiger partial charge in [-0.2, -0.15) is 5.26 Å². The zero-order valence-electron chi connectivity index (χ0n) is 18.4. The van der Waals surface area contributed by atoms with Crippen LogP contribution in [0.25, 0.3) is 6.08 Å². The van der Waals surface area contributed by atoms with Crippen LogP contribution in [0.1, 0.15) is 12.5 Å². The number of nitrogens with zero attached hydrogens (tertiary/aromatic N) is 1. The smallest absolute Gasteiger partial charge is 0.266 e. The lowest BCUT2D eigenvalue weighted by Crippen LogP contribution is -2.20. The van der Waals surface area contributed by atoms with Crippen molar-refractivity contribution in [2.24, 2.45) is 0 Å². The van der Waals surface area contributed by atoms with Gasteiger partial charge in [0.1, 0.15) is 23.1 Å². The average molecular weight is 567 g/mol. The molecule has 0 unspecified atom stereocenters. The van der Waals surface area contributed by atoms with E-state index in [1.165, 1.54) is 6.08 Å². The second kappa shape index (κ2) is 12.4. The predicted octanol–water partition coefficient (Wildman–Crippen LogP) is 5.25. The van der Waals surface area contributed by atoms with Gasteiger partial charge in [-0.15, -0.1) is 0 Å². The Kier molecular flexibility index (Phi) is 9.05. The van der Waals surface area contributed by atoms with Crippen LogP contribution in [0, 0.1) is 14.9 Å². The molecule has 0 aliphatic heterocycles. The second-order valence-corrected chi connectivity index (χ2v) is 8.13. The molecule has 2 N–H and O–H groups in total. The van der Waals surface area contributed by atoms with Crippen LogP contribution in [-0.2, 0) is 9.59 Å². The molecule has 0 aromatic heterocycles. The third-order valence-corrected chi connectivity index (χ3v) is 5.44. The Balaban J connectivity index is 1.54. The van der Waals surface area contributed by atoms with E-state index in [1.807, 2.05) is 31.2 Å². The van der Waals surface area contributed by atoms with E-state index in [0.717, 1.165) is 9.32 Å². The van der Waals surface area contributed by atoms with Gasteiger partial charge in [0.15, 0.2) is 6.61 Å². The van der Waals surface area contributed by atoms with Crippen LogP contribution in [0.2, 0.25) is 0 Å². The number of anilines is 2. The van der Waals surface area contributed by atoms with E-state index in [-0.39, 0.29) is 18.1 Å². The first-order valence-electron chi connectivity index (χ1n) is 10.4. The maximum atomic E-state index is 12.5. The Hall–Kier alpha value is -3.84. The van der Waals surface area contributed by atoms with E-state index in [4.69, 9.17) is 9.47 Å². The van der Waals surface area contributed by atoms with E-state index in [1.54, 1.807) is 54.6 Å². The lowest BCUT2D eigenvalue weighted by Gasteiger charge is -2.09. The first kappa shape index (κ1) is 24.8. The van der Waals surface area contributed by atoms with Crippen molar-refractivity contribution >= 4 is 51.9 Å². The summed E-state index contributed by atoms with van der Waals surface area (Å²) in [5.41, 5.74) is 1.91. The number of benzene rings is 3. The molecule has 3 aromatic rings. The Bertz CT molecular complexity index is 1220. The monoisotopic (exact) mass is 567 g/mol. The number of halogens is 1. The molecule has 8 heteroatoms. The van der Waals surface area contributed by atoms with Crippen LogP contribution in [-0.4, -0.2) is 25.0 Å². The number of para-hydroxylation sites is 1. The van der Waals surface area contributed by atoms with Gasteiger partial charge in [0.25, 0.3) is 11.8 Å². The summed E-state index contributed by atoms with van der Waals surface area (Å²) in [5.74, 6) is 0.434. The number of carbonyl (C=O) groups is 2. The number of rotatable bonds is 9. The molecule has 0 spiro atoms. The predicted molar refractivity (Wildman–Crippen MR) is 140 cm³/mol. The highest BCUT2D eigenvalue weighted by molar-refractivity contribution is 14.1. The SMILES string of the molecule is CCOc1ccc(NC(=O)COc2ccc(/C=C(/C#N)C(=O)Nc3ccccc3I)cc2)cc1. The molecule has 0 saturated heterocycles. The third-order valence-electron chi connectivity index (χ3n) is 4.50. The highest BCUT2D eigenvalue weighted by Gasteiger charge is 2.11. The van der Waals surface area contributed by atoms with Crippen LogP contribution in [0.3, 0.4) is 0 Å². The molecule has 0 bridgehead atoms. The van der Waals surface area contributed by atoms with Gasteiger partial charge < -0.3 is 20.1 Å². The minimum absolute atomic E-state index is 0.0249. The number of carbonyl (C=O) groups excluding carboxylic acids is 2. The van der Waals surface area contributed by atoms with Crippen molar-refractivity contribution in [3.63, 3.8) is 0 Å². The Morgan fingerprint density at radius 1 is 0.941 bits per heavy atom. The van der Waals surface area contributed by atoms with Crippen LogP contribution >= 0.6 is 22.6 Å². The molecule has 3 aromatic carbocycles. The van der Waals surface area contributed by atoms with E-state index in [9.17, 15) is 14.9 Å². The van der Waals surface area contributed by atoms with E-state index >= 15 is 0 Å². The third kappa shape index (κ3) is 7.35. The van der Waals surface area contributed by atoms with Gasteiger partial charge in [-0.05, 0) is 89.7 Å². The van der Waals surface area contributed by atoms with Gasteiger partial charge in [-0.25, -0.2) is 0 Å². The van der Waals surface area contributed by atoms with Crippen molar-refractivity contribution < 1.29 is 19.1 Å². The molecule has 0 aliphatic carbocycles. The summed E-state index contributed by atoms with van der Waals surface area (Å²) in [6.45, 7) is 2.32. The first-order valence-corrected chi connectivity index (χ1v) is 11.5. The molecule has 0 fully saturated rings. The fraction of sp³-hybridized carbons (Fsp3) is 0.115. The average Bonchev–Trinajstić information content (AvgIpc) is 2.84. The molecule has 0 saturated carbocycles. The fourth-order valence-electron chi connectivity index (χ4n) is 2.87. The molecule has 172 valence electrons.